The lowest BCUT2D eigenvalue weighted by molar-refractivity contribution is 0.133. The minimum absolute atomic E-state index is 0.562. The number of aryl methyl sites for hydroxylation is 1. The molecule has 0 N–H and O–H groups in total. The van der Waals surface area contributed by atoms with Gasteiger partial charge in [0.15, 0.2) is 0 Å². The predicted octanol–water partition coefficient (Wildman–Crippen LogP) is 1.95. The smallest absolute Gasteiger partial charge is 0.141 e. The number of fused-ring (bicyclic) bond motifs is 1. The van der Waals surface area contributed by atoms with Gasteiger partial charge in [0.05, 0.1) is 0 Å². The summed E-state index contributed by atoms with van der Waals surface area (Å²) in [6.45, 7) is 2.62. The fourth-order valence-corrected chi connectivity index (χ4v) is 1.51. The first-order valence-corrected chi connectivity index (χ1v) is 4.22. The lowest BCUT2D eigenvalue weighted by Crippen LogP contribution is -2.01. The number of ether oxygens (including phenoxy) is 1. The second-order valence-corrected chi connectivity index (χ2v) is 3.05. The number of pyridine rings is 1. The average molecular weight is 176 g/mol. The quantitative estimate of drug-likeness (QED) is 0.699. The van der Waals surface area contributed by atoms with Crippen molar-refractivity contribution < 1.29 is 4.74 Å². The van der Waals surface area contributed by atoms with Crippen LogP contribution in [0.25, 0.3) is 11.0 Å². The molecule has 0 aliphatic heterocycles. The van der Waals surface area contributed by atoms with E-state index in [1.807, 2.05) is 6.07 Å². The molecule has 0 radical (unpaired) electrons. The molecule has 68 valence electrons. The standard InChI is InChI=1S/C10H12N2O/c1-8-6-9-4-3-5-11-10(9)12(8)7-13-2/h3-6H,7H2,1-2H3. The maximum atomic E-state index is 5.10. The summed E-state index contributed by atoms with van der Waals surface area (Å²) in [5.41, 5.74) is 2.16. The molecule has 0 amide bonds. The van der Waals surface area contributed by atoms with E-state index in [9.17, 15) is 0 Å². The number of methoxy groups -OCH3 is 1. The lowest BCUT2D eigenvalue weighted by Gasteiger charge is -2.04. The van der Waals surface area contributed by atoms with E-state index in [1.165, 1.54) is 5.69 Å². The van der Waals surface area contributed by atoms with Gasteiger partial charge in [-0.3, -0.25) is 0 Å². The van der Waals surface area contributed by atoms with E-state index in [4.69, 9.17) is 4.74 Å². The van der Waals surface area contributed by atoms with Crippen molar-refractivity contribution in [2.75, 3.05) is 7.11 Å². The van der Waals surface area contributed by atoms with Crippen molar-refractivity contribution in [1.82, 2.24) is 9.55 Å². The first kappa shape index (κ1) is 8.26. The van der Waals surface area contributed by atoms with Gasteiger partial charge in [0.1, 0.15) is 12.4 Å². The Morgan fingerprint density at radius 1 is 1.54 bits per heavy atom. The van der Waals surface area contributed by atoms with E-state index in [0.29, 0.717) is 6.73 Å². The Balaban J connectivity index is 2.64. The second-order valence-electron chi connectivity index (χ2n) is 3.05. The summed E-state index contributed by atoms with van der Waals surface area (Å²) in [4.78, 5) is 4.30. The summed E-state index contributed by atoms with van der Waals surface area (Å²) < 4.78 is 7.15. The zero-order valence-electron chi connectivity index (χ0n) is 7.82. The van der Waals surface area contributed by atoms with Gasteiger partial charge in [0, 0.05) is 24.4 Å². The summed E-state index contributed by atoms with van der Waals surface area (Å²) in [5, 5.41) is 1.16. The number of rotatable bonds is 2. The Labute approximate surface area is 77.0 Å². The highest BCUT2D eigenvalue weighted by Crippen LogP contribution is 2.16. The van der Waals surface area contributed by atoms with Crippen LogP contribution in [0.4, 0.5) is 0 Å². The van der Waals surface area contributed by atoms with E-state index < -0.39 is 0 Å². The third-order valence-corrected chi connectivity index (χ3v) is 2.12. The van der Waals surface area contributed by atoms with E-state index in [-0.39, 0.29) is 0 Å². The van der Waals surface area contributed by atoms with E-state index >= 15 is 0 Å². The van der Waals surface area contributed by atoms with Gasteiger partial charge >= 0.3 is 0 Å². The molecule has 0 saturated heterocycles. The maximum Gasteiger partial charge on any atom is 0.141 e. The van der Waals surface area contributed by atoms with Crippen LogP contribution < -0.4 is 0 Å². The normalized spacial score (nSPS) is 10.9. The van der Waals surface area contributed by atoms with Crippen LogP contribution in [0.5, 0.6) is 0 Å². The van der Waals surface area contributed by atoms with Crippen LogP contribution in [-0.2, 0) is 11.5 Å². The van der Waals surface area contributed by atoms with Crippen LogP contribution in [0.2, 0.25) is 0 Å². The monoisotopic (exact) mass is 176 g/mol. The van der Waals surface area contributed by atoms with Gasteiger partial charge in [-0.25, -0.2) is 4.98 Å². The second kappa shape index (κ2) is 3.18. The zero-order valence-corrected chi connectivity index (χ0v) is 7.82. The fourth-order valence-electron chi connectivity index (χ4n) is 1.51. The van der Waals surface area contributed by atoms with E-state index in [0.717, 1.165) is 11.0 Å². The minimum Gasteiger partial charge on any atom is -0.364 e. The molecule has 0 aliphatic carbocycles. The zero-order chi connectivity index (χ0) is 9.26. The molecule has 13 heavy (non-hydrogen) atoms. The number of hydrogen-bond donors (Lipinski definition) is 0. The summed E-state index contributed by atoms with van der Waals surface area (Å²) in [6, 6.07) is 6.11. The molecule has 0 atom stereocenters. The molecule has 2 heterocycles. The van der Waals surface area contributed by atoms with Gasteiger partial charge in [-0.1, -0.05) is 0 Å². The molecule has 0 spiro atoms. The Morgan fingerprint density at radius 2 is 2.38 bits per heavy atom. The maximum absolute atomic E-state index is 5.10. The van der Waals surface area contributed by atoms with Crippen LogP contribution in [0.15, 0.2) is 24.4 Å². The first-order chi connectivity index (χ1) is 6.33. The average Bonchev–Trinajstić information content (AvgIpc) is 2.44. The molecule has 3 nitrogen and oxygen atoms in total. The highest BCUT2D eigenvalue weighted by atomic mass is 16.5. The van der Waals surface area contributed by atoms with Gasteiger partial charge in [-0.05, 0) is 25.1 Å². The van der Waals surface area contributed by atoms with Crippen LogP contribution in [0, 0.1) is 6.92 Å². The van der Waals surface area contributed by atoms with Crippen molar-refractivity contribution in [3.63, 3.8) is 0 Å². The molecule has 0 unspecified atom stereocenters. The summed E-state index contributed by atoms with van der Waals surface area (Å²) in [6.07, 6.45) is 1.80. The Morgan fingerprint density at radius 3 is 3.15 bits per heavy atom. The molecule has 0 fully saturated rings. The number of nitrogens with zero attached hydrogens (tertiary/aromatic N) is 2. The van der Waals surface area contributed by atoms with E-state index in [2.05, 4.69) is 28.6 Å². The Kier molecular flexibility index (Phi) is 2.02. The van der Waals surface area contributed by atoms with Crippen molar-refractivity contribution in [3.8, 4) is 0 Å². The highest BCUT2D eigenvalue weighted by molar-refractivity contribution is 5.77. The van der Waals surface area contributed by atoms with Crippen molar-refractivity contribution in [2.45, 2.75) is 13.7 Å². The predicted molar refractivity (Wildman–Crippen MR) is 51.5 cm³/mol. The third-order valence-electron chi connectivity index (χ3n) is 2.12. The largest absolute Gasteiger partial charge is 0.364 e. The Bertz CT molecular complexity index is 420. The highest BCUT2D eigenvalue weighted by Gasteiger charge is 2.04. The summed E-state index contributed by atoms with van der Waals surface area (Å²) in [5.74, 6) is 0. The topological polar surface area (TPSA) is 27.1 Å². The first-order valence-electron chi connectivity index (χ1n) is 4.22. The molecule has 0 saturated carbocycles. The van der Waals surface area contributed by atoms with Crippen molar-refractivity contribution in [2.24, 2.45) is 0 Å². The Hall–Kier alpha value is -1.35. The summed E-state index contributed by atoms with van der Waals surface area (Å²) in [7, 11) is 1.69. The van der Waals surface area contributed by atoms with Gasteiger partial charge in [-0.2, -0.15) is 0 Å². The molecular formula is C10H12N2O. The SMILES string of the molecule is COCn1c(C)cc2cccnc21. The van der Waals surface area contributed by atoms with Gasteiger partial charge < -0.3 is 9.30 Å². The van der Waals surface area contributed by atoms with Crippen molar-refractivity contribution in [1.29, 1.82) is 0 Å². The van der Waals surface area contributed by atoms with Gasteiger partial charge in [0.25, 0.3) is 0 Å². The molecule has 3 heteroatoms. The molecular weight excluding hydrogens is 164 g/mol. The van der Waals surface area contributed by atoms with Crippen LogP contribution in [0.3, 0.4) is 0 Å². The molecule has 2 rings (SSSR count). The molecule has 2 aromatic heterocycles. The lowest BCUT2D eigenvalue weighted by atomic mass is 10.3. The van der Waals surface area contributed by atoms with Crippen molar-refractivity contribution >= 4 is 11.0 Å². The molecule has 0 aliphatic rings. The number of aromatic nitrogens is 2. The van der Waals surface area contributed by atoms with Gasteiger partial charge in [-0.15, -0.1) is 0 Å². The minimum atomic E-state index is 0.562. The molecule has 0 aromatic carbocycles. The van der Waals surface area contributed by atoms with Crippen LogP contribution >= 0.6 is 0 Å². The van der Waals surface area contributed by atoms with Crippen molar-refractivity contribution in [3.05, 3.63) is 30.1 Å². The molecule has 0 bridgehead atoms. The molecule has 2 aromatic rings. The van der Waals surface area contributed by atoms with Gasteiger partial charge in [0.2, 0.25) is 0 Å². The summed E-state index contributed by atoms with van der Waals surface area (Å²) >= 11 is 0. The van der Waals surface area contributed by atoms with E-state index in [1.54, 1.807) is 13.3 Å². The number of hydrogen-bond acceptors (Lipinski definition) is 2. The third kappa shape index (κ3) is 1.31. The van der Waals surface area contributed by atoms with Crippen LogP contribution in [0.1, 0.15) is 5.69 Å². The fraction of sp³-hybridized carbons (Fsp3) is 0.300. The van der Waals surface area contributed by atoms with Crippen LogP contribution in [-0.4, -0.2) is 16.7 Å².